The largest absolute Gasteiger partial charge is 0.489 e. The normalized spacial score (nSPS) is 15.9. The summed E-state index contributed by atoms with van der Waals surface area (Å²) in [5.74, 6) is -0.640. The van der Waals surface area contributed by atoms with Crippen molar-refractivity contribution in [2.45, 2.75) is 37.1 Å². The third kappa shape index (κ3) is 6.44. The number of amides is 1. The second kappa shape index (κ2) is 11.3. The fourth-order valence-electron chi connectivity index (χ4n) is 3.51. The standard InChI is InChI=1S/C23H29ClFN3O4S/c1-17(27(2)14-15-32-22-9-5-4-8-20(22)25)23(29)26-21-16-18(10-11-19(21)24)33(30,31)28-12-6-3-7-13-28/h4-5,8-11,16-17H,3,6-7,12-15H2,1-2H3,(H,26,29)/t17-/m1/s1. The van der Waals surface area contributed by atoms with Crippen LogP contribution in [-0.2, 0) is 14.8 Å². The van der Waals surface area contributed by atoms with Gasteiger partial charge < -0.3 is 10.1 Å². The molecule has 3 rings (SSSR count). The van der Waals surface area contributed by atoms with Crippen LogP contribution in [0.5, 0.6) is 5.75 Å². The van der Waals surface area contributed by atoms with Crippen LogP contribution in [0.15, 0.2) is 47.4 Å². The lowest BCUT2D eigenvalue weighted by Crippen LogP contribution is -2.41. The van der Waals surface area contributed by atoms with Crippen molar-refractivity contribution in [2.75, 3.05) is 38.6 Å². The van der Waals surface area contributed by atoms with Gasteiger partial charge in [0.25, 0.3) is 0 Å². The zero-order chi connectivity index (χ0) is 24.0. The van der Waals surface area contributed by atoms with E-state index in [0.29, 0.717) is 19.6 Å². The molecule has 0 aromatic heterocycles. The van der Waals surface area contributed by atoms with Gasteiger partial charge in [-0.15, -0.1) is 0 Å². The maximum atomic E-state index is 13.7. The lowest BCUT2D eigenvalue weighted by atomic mass is 10.2. The van der Waals surface area contributed by atoms with Crippen molar-refractivity contribution in [2.24, 2.45) is 0 Å². The summed E-state index contributed by atoms with van der Waals surface area (Å²) in [6, 6.07) is 9.89. The fraction of sp³-hybridized carbons (Fsp3) is 0.435. The van der Waals surface area contributed by atoms with Crippen LogP contribution in [0.4, 0.5) is 10.1 Å². The van der Waals surface area contributed by atoms with Crippen LogP contribution < -0.4 is 10.1 Å². The summed E-state index contributed by atoms with van der Waals surface area (Å²) in [5.41, 5.74) is 0.239. The monoisotopic (exact) mass is 497 g/mol. The molecule has 33 heavy (non-hydrogen) atoms. The van der Waals surface area contributed by atoms with Crippen LogP contribution in [0.3, 0.4) is 0 Å². The van der Waals surface area contributed by atoms with E-state index in [9.17, 15) is 17.6 Å². The molecule has 0 radical (unpaired) electrons. The van der Waals surface area contributed by atoms with E-state index >= 15 is 0 Å². The van der Waals surface area contributed by atoms with Gasteiger partial charge in [-0.05, 0) is 57.1 Å². The van der Waals surface area contributed by atoms with Gasteiger partial charge in [0.1, 0.15) is 6.61 Å². The van der Waals surface area contributed by atoms with E-state index in [2.05, 4.69) is 5.32 Å². The molecule has 0 aliphatic carbocycles. The Bertz CT molecular complexity index is 1080. The number of carbonyl (C=O) groups excluding carboxylic acids is 1. The molecule has 1 aliphatic heterocycles. The summed E-state index contributed by atoms with van der Waals surface area (Å²) < 4.78 is 46.5. The summed E-state index contributed by atoms with van der Waals surface area (Å²) in [7, 11) is -1.91. The number of hydrogen-bond donors (Lipinski definition) is 1. The Kier molecular flexibility index (Phi) is 8.69. The van der Waals surface area contributed by atoms with Gasteiger partial charge in [-0.1, -0.05) is 30.2 Å². The first-order valence-corrected chi connectivity index (χ1v) is 12.7. The van der Waals surface area contributed by atoms with Crippen molar-refractivity contribution in [1.29, 1.82) is 0 Å². The molecule has 1 aliphatic rings. The molecule has 1 atom stereocenters. The molecule has 7 nitrogen and oxygen atoms in total. The van der Waals surface area contributed by atoms with Gasteiger partial charge >= 0.3 is 0 Å². The van der Waals surface area contributed by atoms with Crippen LogP contribution in [0.2, 0.25) is 5.02 Å². The first kappa shape index (κ1) is 25.4. The second-order valence-electron chi connectivity index (χ2n) is 8.03. The highest BCUT2D eigenvalue weighted by Crippen LogP contribution is 2.28. The molecule has 0 bridgehead atoms. The van der Waals surface area contributed by atoms with Crippen LogP contribution in [-0.4, -0.2) is 62.9 Å². The highest BCUT2D eigenvalue weighted by atomic mass is 35.5. The average Bonchev–Trinajstić information content (AvgIpc) is 2.81. The van der Waals surface area contributed by atoms with Crippen molar-refractivity contribution >= 4 is 33.2 Å². The first-order valence-electron chi connectivity index (χ1n) is 10.9. The van der Waals surface area contributed by atoms with Gasteiger partial charge in [0.2, 0.25) is 15.9 Å². The van der Waals surface area contributed by atoms with Crippen molar-refractivity contribution < 1.29 is 22.3 Å². The van der Waals surface area contributed by atoms with Gasteiger partial charge in [-0.25, -0.2) is 12.8 Å². The number of hydrogen-bond acceptors (Lipinski definition) is 5. The summed E-state index contributed by atoms with van der Waals surface area (Å²) in [5, 5.41) is 2.98. The van der Waals surface area contributed by atoms with Crippen LogP contribution in [0.1, 0.15) is 26.2 Å². The SMILES string of the molecule is C[C@H](C(=O)Nc1cc(S(=O)(=O)N2CCCCC2)ccc1Cl)N(C)CCOc1ccccc1F. The average molecular weight is 498 g/mol. The van der Waals surface area contributed by atoms with Crippen LogP contribution in [0, 0.1) is 5.82 Å². The van der Waals surface area contributed by atoms with Crippen molar-refractivity contribution in [1.82, 2.24) is 9.21 Å². The minimum Gasteiger partial charge on any atom is -0.489 e. The van der Waals surface area contributed by atoms with Gasteiger partial charge in [-0.2, -0.15) is 4.31 Å². The third-order valence-electron chi connectivity index (χ3n) is 5.73. The van der Waals surface area contributed by atoms with E-state index in [1.165, 1.54) is 28.6 Å². The van der Waals surface area contributed by atoms with Gasteiger partial charge in [0, 0.05) is 19.6 Å². The number of benzene rings is 2. The maximum Gasteiger partial charge on any atom is 0.243 e. The van der Waals surface area contributed by atoms with E-state index in [4.69, 9.17) is 16.3 Å². The van der Waals surface area contributed by atoms with Crippen LogP contribution >= 0.6 is 11.6 Å². The predicted octanol–water partition coefficient (Wildman–Crippen LogP) is 3.99. The minimum absolute atomic E-state index is 0.100. The number of sulfonamides is 1. The quantitative estimate of drug-likeness (QED) is 0.566. The highest BCUT2D eigenvalue weighted by Gasteiger charge is 2.27. The fourth-order valence-corrected chi connectivity index (χ4v) is 5.22. The van der Waals surface area contributed by atoms with Crippen molar-refractivity contribution in [3.63, 3.8) is 0 Å². The Morgan fingerprint density at radius 1 is 1.21 bits per heavy atom. The first-order chi connectivity index (χ1) is 15.7. The highest BCUT2D eigenvalue weighted by molar-refractivity contribution is 7.89. The molecule has 1 saturated heterocycles. The summed E-state index contributed by atoms with van der Waals surface area (Å²) in [4.78, 5) is 14.6. The Balaban J connectivity index is 1.61. The number of halogens is 2. The lowest BCUT2D eigenvalue weighted by Gasteiger charge is -2.26. The summed E-state index contributed by atoms with van der Waals surface area (Å²) in [6.45, 7) is 3.26. The lowest BCUT2D eigenvalue weighted by molar-refractivity contribution is -0.120. The van der Waals surface area contributed by atoms with E-state index in [1.807, 2.05) is 0 Å². The number of nitrogens with one attached hydrogen (secondary N) is 1. The number of para-hydroxylation sites is 1. The summed E-state index contributed by atoms with van der Waals surface area (Å²) in [6.07, 6.45) is 2.69. The minimum atomic E-state index is -3.65. The maximum absolute atomic E-state index is 13.7. The van der Waals surface area contributed by atoms with Gasteiger partial charge in [0.15, 0.2) is 11.6 Å². The number of piperidine rings is 1. The van der Waals surface area contributed by atoms with E-state index < -0.39 is 21.9 Å². The molecular weight excluding hydrogens is 469 g/mol. The number of ether oxygens (including phenoxy) is 1. The number of anilines is 1. The second-order valence-corrected chi connectivity index (χ2v) is 10.4. The van der Waals surface area contributed by atoms with E-state index in [0.717, 1.165) is 19.3 Å². The molecule has 0 unspecified atom stereocenters. The van der Waals surface area contributed by atoms with Gasteiger partial charge in [-0.3, -0.25) is 9.69 Å². The number of rotatable bonds is 9. The molecule has 1 fully saturated rings. The summed E-state index contributed by atoms with van der Waals surface area (Å²) >= 11 is 6.23. The molecule has 0 saturated carbocycles. The van der Waals surface area contributed by atoms with Gasteiger partial charge in [0.05, 0.1) is 21.6 Å². The number of nitrogens with zero attached hydrogens (tertiary/aromatic N) is 2. The number of likely N-dealkylation sites (N-methyl/N-ethyl adjacent to an activating group) is 1. The molecule has 1 N–H and O–H groups in total. The molecule has 2 aromatic carbocycles. The van der Waals surface area contributed by atoms with Crippen molar-refractivity contribution in [3.8, 4) is 5.75 Å². The molecule has 10 heteroatoms. The third-order valence-corrected chi connectivity index (χ3v) is 7.95. The number of carbonyl (C=O) groups is 1. The van der Waals surface area contributed by atoms with E-state index in [1.54, 1.807) is 37.1 Å². The predicted molar refractivity (Wildman–Crippen MR) is 127 cm³/mol. The molecule has 1 heterocycles. The zero-order valence-corrected chi connectivity index (χ0v) is 20.3. The molecule has 0 spiro atoms. The zero-order valence-electron chi connectivity index (χ0n) is 18.8. The smallest absolute Gasteiger partial charge is 0.243 e. The molecular formula is C23H29ClFN3O4S. The van der Waals surface area contributed by atoms with E-state index in [-0.39, 0.29) is 33.9 Å². The Hall–Kier alpha value is -2.20. The Morgan fingerprint density at radius 3 is 2.61 bits per heavy atom. The topological polar surface area (TPSA) is 79.0 Å². The Morgan fingerprint density at radius 2 is 1.91 bits per heavy atom. The van der Waals surface area contributed by atoms with Crippen molar-refractivity contribution in [3.05, 3.63) is 53.3 Å². The van der Waals surface area contributed by atoms with Crippen LogP contribution in [0.25, 0.3) is 0 Å². The molecule has 1 amide bonds. The molecule has 180 valence electrons. The Labute approximate surface area is 199 Å². The molecule has 2 aromatic rings.